The van der Waals surface area contributed by atoms with E-state index in [1.807, 2.05) is 42.7 Å². The first-order chi connectivity index (χ1) is 26.9. The number of nitrogens with one attached hydrogen (secondary N) is 4. The first-order valence-electron chi connectivity index (χ1n) is 17.9. The maximum atomic E-state index is 13.3. The third-order valence-electron chi connectivity index (χ3n) is 9.78. The number of nitrogens with zero attached hydrogens (tertiary/aromatic N) is 5. The van der Waals surface area contributed by atoms with E-state index in [0.29, 0.717) is 70.3 Å². The minimum absolute atomic E-state index is 0.0157. The van der Waals surface area contributed by atoms with Gasteiger partial charge in [0.05, 0.1) is 33.8 Å². The zero-order chi connectivity index (χ0) is 39.7. The number of rotatable bonds is 12. The van der Waals surface area contributed by atoms with Crippen LogP contribution in [-0.2, 0) is 14.8 Å². The van der Waals surface area contributed by atoms with Gasteiger partial charge in [-0.2, -0.15) is 5.26 Å². The number of fused-ring (bicyclic) bond motifs is 4. The average molecular weight is 808 g/mol. The molecule has 0 saturated carbocycles. The molecule has 0 saturated heterocycles. The summed E-state index contributed by atoms with van der Waals surface area (Å²) >= 11 is 7.86. The van der Waals surface area contributed by atoms with Gasteiger partial charge >= 0.3 is 0 Å². The summed E-state index contributed by atoms with van der Waals surface area (Å²) in [5.41, 5.74) is 6.19. The lowest BCUT2D eigenvalue weighted by Crippen LogP contribution is -2.28. The highest BCUT2D eigenvalue weighted by Gasteiger charge is 2.32. The number of anilines is 1. The summed E-state index contributed by atoms with van der Waals surface area (Å²) < 4.78 is 31.0. The third kappa shape index (κ3) is 7.55. The Labute approximate surface area is 332 Å². The number of aliphatic imine (C=N–C) groups is 1. The van der Waals surface area contributed by atoms with E-state index in [1.54, 1.807) is 29.7 Å². The molecule has 0 bridgehead atoms. The van der Waals surface area contributed by atoms with Crippen LogP contribution in [0, 0.1) is 39.0 Å². The third-order valence-corrected chi connectivity index (χ3v) is 12.6. The summed E-state index contributed by atoms with van der Waals surface area (Å²) in [5, 5.41) is 26.3. The van der Waals surface area contributed by atoms with E-state index in [9.17, 15) is 23.3 Å². The Morgan fingerprint density at radius 3 is 2.39 bits per heavy atom. The van der Waals surface area contributed by atoms with E-state index in [4.69, 9.17) is 16.6 Å². The number of nitriles is 1. The number of thiophene rings is 1. The quantitative estimate of drug-likeness (QED) is 0.0961. The van der Waals surface area contributed by atoms with Crippen LogP contribution >= 0.6 is 22.9 Å². The van der Waals surface area contributed by atoms with Gasteiger partial charge in [0.2, 0.25) is 5.91 Å². The van der Waals surface area contributed by atoms with Crippen LogP contribution in [0.1, 0.15) is 80.0 Å². The number of benzene rings is 3. The molecular formula is C40H38ClN9O4S2. The van der Waals surface area contributed by atoms with Crippen LogP contribution in [0.2, 0.25) is 5.02 Å². The molecule has 3 aromatic heterocycles. The van der Waals surface area contributed by atoms with Crippen molar-refractivity contribution in [3.8, 4) is 11.1 Å². The van der Waals surface area contributed by atoms with Crippen molar-refractivity contribution in [3.05, 3.63) is 122 Å². The summed E-state index contributed by atoms with van der Waals surface area (Å²) in [6.07, 6.45) is 2.84. The standard InChI is InChI=1S/C40H38ClN9O4S2/c1-22-7-16-31(37-34(22)28(20-42)21-45-37)49-56(53,54)30-14-10-27(11-15-30)39(52)44-18-6-5-17-43-33(51)19-32-38-48-47-25(4)50(38)40-35(23(2)24(3)55-40)36(46-32)26-8-12-29(41)13-9-26/h7-16,21,32,45,49H,5-6,17-19H2,1-4H3,(H,43,51)(H,44,52)/t32-/m0/s1. The number of hydrogen-bond donors (Lipinski definition) is 4. The zero-order valence-electron chi connectivity index (χ0n) is 31.0. The maximum Gasteiger partial charge on any atom is 0.261 e. The van der Waals surface area contributed by atoms with Crippen LogP contribution in [0.3, 0.4) is 0 Å². The number of carbonyl (C=O) groups excluding carboxylic acids is 2. The van der Waals surface area contributed by atoms with Gasteiger partial charge < -0.3 is 15.6 Å². The number of hydrogen-bond acceptors (Lipinski definition) is 9. The molecule has 0 radical (unpaired) electrons. The fourth-order valence-corrected chi connectivity index (χ4v) is 9.16. The summed E-state index contributed by atoms with van der Waals surface area (Å²) in [4.78, 5) is 35.4. The molecule has 6 aromatic rings. The first-order valence-corrected chi connectivity index (χ1v) is 20.6. The number of amides is 2. The summed E-state index contributed by atoms with van der Waals surface area (Å²) in [7, 11) is -3.98. The molecule has 16 heteroatoms. The predicted molar refractivity (Wildman–Crippen MR) is 217 cm³/mol. The van der Waals surface area contributed by atoms with Gasteiger partial charge in [0.25, 0.3) is 15.9 Å². The molecule has 1 aliphatic rings. The highest BCUT2D eigenvalue weighted by atomic mass is 35.5. The monoisotopic (exact) mass is 807 g/mol. The van der Waals surface area contributed by atoms with E-state index in [0.717, 1.165) is 37.8 Å². The highest BCUT2D eigenvalue weighted by molar-refractivity contribution is 7.92. The molecule has 0 spiro atoms. The summed E-state index contributed by atoms with van der Waals surface area (Å²) in [6.45, 7) is 8.67. The number of aryl methyl sites for hydroxylation is 3. The minimum atomic E-state index is -3.98. The van der Waals surface area contributed by atoms with Crippen molar-refractivity contribution in [2.75, 3.05) is 17.8 Å². The molecule has 286 valence electrons. The highest BCUT2D eigenvalue weighted by Crippen LogP contribution is 2.39. The van der Waals surface area contributed by atoms with Gasteiger partial charge in [-0.25, -0.2) is 8.42 Å². The molecule has 2 amide bonds. The second kappa shape index (κ2) is 15.7. The Kier molecular flexibility index (Phi) is 10.8. The molecule has 1 atom stereocenters. The Morgan fingerprint density at radius 2 is 1.68 bits per heavy atom. The van der Waals surface area contributed by atoms with Crippen LogP contribution in [-0.4, -0.2) is 58.8 Å². The smallest absolute Gasteiger partial charge is 0.261 e. The van der Waals surface area contributed by atoms with Crippen LogP contribution in [0.4, 0.5) is 5.69 Å². The van der Waals surface area contributed by atoms with Gasteiger partial charge in [0.1, 0.15) is 22.9 Å². The van der Waals surface area contributed by atoms with Crippen molar-refractivity contribution in [1.82, 2.24) is 30.4 Å². The Balaban J connectivity index is 0.925. The SMILES string of the molecule is Cc1sc2c(c1C)C(c1ccc(Cl)cc1)=N[C@@H](CC(=O)NCCCCNC(=O)c1ccc(S(=O)(=O)Nc3ccc(C)c4c(C#N)c[nH]c34)cc1)c1nnc(C)n1-2. The molecule has 4 N–H and O–H groups in total. The van der Waals surface area contributed by atoms with Crippen molar-refractivity contribution >= 4 is 67.1 Å². The summed E-state index contributed by atoms with van der Waals surface area (Å²) in [6, 6.07) is 18.1. The average Bonchev–Trinajstić information content (AvgIpc) is 3.85. The Bertz CT molecular complexity index is 2670. The number of aromatic nitrogens is 4. The van der Waals surface area contributed by atoms with Crippen LogP contribution in [0.25, 0.3) is 15.9 Å². The van der Waals surface area contributed by atoms with E-state index in [-0.39, 0.29) is 23.1 Å². The largest absolute Gasteiger partial charge is 0.358 e. The zero-order valence-corrected chi connectivity index (χ0v) is 33.4. The maximum absolute atomic E-state index is 13.3. The number of carbonyl (C=O) groups is 2. The Morgan fingerprint density at radius 1 is 0.964 bits per heavy atom. The second-order valence-electron chi connectivity index (χ2n) is 13.5. The summed E-state index contributed by atoms with van der Waals surface area (Å²) in [5.74, 6) is 0.795. The molecule has 4 heterocycles. The number of aromatic amines is 1. The second-order valence-corrected chi connectivity index (χ2v) is 16.9. The minimum Gasteiger partial charge on any atom is -0.358 e. The Hall–Kier alpha value is -5.82. The van der Waals surface area contributed by atoms with Gasteiger partial charge in [-0.3, -0.25) is 23.9 Å². The van der Waals surface area contributed by atoms with Crippen molar-refractivity contribution < 1.29 is 18.0 Å². The van der Waals surface area contributed by atoms with Crippen molar-refractivity contribution in [3.63, 3.8) is 0 Å². The van der Waals surface area contributed by atoms with Gasteiger partial charge in [-0.15, -0.1) is 21.5 Å². The van der Waals surface area contributed by atoms with Crippen LogP contribution in [0.5, 0.6) is 0 Å². The number of halogens is 1. The van der Waals surface area contributed by atoms with E-state index < -0.39 is 16.1 Å². The molecule has 0 unspecified atom stereocenters. The number of H-pyrrole nitrogens is 1. The molecule has 13 nitrogen and oxygen atoms in total. The fourth-order valence-electron chi connectivity index (χ4n) is 6.74. The number of unbranched alkanes of at least 4 members (excludes halogenated alkanes) is 1. The molecule has 7 rings (SSSR count). The van der Waals surface area contributed by atoms with Gasteiger partial charge in [-0.1, -0.05) is 29.8 Å². The van der Waals surface area contributed by atoms with Crippen molar-refractivity contribution in [2.45, 2.75) is 57.9 Å². The van der Waals surface area contributed by atoms with Gasteiger partial charge in [0.15, 0.2) is 5.82 Å². The molecule has 0 aliphatic carbocycles. The van der Waals surface area contributed by atoms with Gasteiger partial charge in [0, 0.05) is 51.3 Å². The van der Waals surface area contributed by atoms with E-state index in [1.165, 1.54) is 24.3 Å². The normalized spacial score (nSPS) is 13.6. The molecule has 0 fully saturated rings. The molecule has 56 heavy (non-hydrogen) atoms. The number of sulfonamides is 1. The van der Waals surface area contributed by atoms with E-state index in [2.05, 4.69) is 50.5 Å². The lowest BCUT2D eigenvalue weighted by atomic mass is 9.99. The topological polar surface area (TPSA) is 187 Å². The molecule has 3 aromatic carbocycles. The van der Waals surface area contributed by atoms with Crippen LogP contribution in [0.15, 0.2) is 76.7 Å². The molecule has 1 aliphatic heterocycles. The first kappa shape index (κ1) is 38.5. The van der Waals surface area contributed by atoms with Gasteiger partial charge in [-0.05, 0) is 94.1 Å². The van der Waals surface area contributed by atoms with E-state index >= 15 is 0 Å². The van der Waals surface area contributed by atoms with Crippen molar-refractivity contribution in [1.29, 1.82) is 5.26 Å². The fraction of sp³-hybridized carbons (Fsp3) is 0.250. The lowest BCUT2D eigenvalue weighted by Gasteiger charge is -2.13. The predicted octanol–water partition coefficient (Wildman–Crippen LogP) is 6.98. The lowest BCUT2D eigenvalue weighted by molar-refractivity contribution is -0.121. The van der Waals surface area contributed by atoms with Crippen molar-refractivity contribution in [2.24, 2.45) is 4.99 Å². The molecular weight excluding hydrogens is 770 g/mol. The van der Waals surface area contributed by atoms with Crippen LogP contribution < -0.4 is 15.4 Å².